The van der Waals surface area contributed by atoms with Crippen LogP contribution in [0.1, 0.15) is 0 Å². The van der Waals surface area contributed by atoms with Gasteiger partial charge in [-0.3, -0.25) is 0 Å². The number of methoxy groups -OCH3 is 2. The molecule has 8 nitrogen and oxygen atoms in total. The van der Waals surface area contributed by atoms with Crippen LogP contribution in [-0.4, -0.2) is 35.3 Å². The Morgan fingerprint density at radius 1 is 0.833 bits per heavy atom. The van der Waals surface area contributed by atoms with E-state index in [-0.39, 0.29) is 5.88 Å². The molecule has 0 aliphatic rings. The fourth-order valence-electron chi connectivity index (χ4n) is 3.16. The zero-order valence-corrected chi connectivity index (χ0v) is 16.3. The number of benzene rings is 2. The van der Waals surface area contributed by atoms with Crippen LogP contribution in [0.25, 0.3) is 33.3 Å². The third-order valence-corrected chi connectivity index (χ3v) is 4.57. The summed E-state index contributed by atoms with van der Waals surface area (Å²) in [5.41, 5.74) is 9.22. The van der Waals surface area contributed by atoms with Crippen LogP contribution in [0.2, 0.25) is 0 Å². The van der Waals surface area contributed by atoms with Gasteiger partial charge in [-0.05, 0) is 42.0 Å². The topological polar surface area (TPSA) is 109 Å². The predicted octanol–water partition coefficient (Wildman–Crippen LogP) is 3.83. The minimum absolute atomic E-state index is 0.140. The molecule has 2 N–H and O–H groups in total. The molecule has 0 radical (unpaired) electrons. The number of primary amides is 1. The normalized spacial score (nSPS) is 10.6. The van der Waals surface area contributed by atoms with Crippen molar-refractivity contribution in [3.63, 3.8) is 0 Å². The van der Waals surface area contributed by atoms with Crippen molar-refractivity contribution in [2.45, 2.75) is 0 Å². The average Bonchev–Trinajstić information content (AvgIpc) is 2.78. The van der Waals surface area contributed by atoms with E-state index in [9.17, 15) is 4.79 Å². The van der Waals surface area contributed by atoms with E-state index in [1.54, 1.807) is 32.5 Å². The van der Waals surface area contributed by atoms with Gasteiger partial charge >= 0.3 is 6.09 Å². The predicted molar refractivity (Wildman–Crippen MR) is 112 cm³/mol. The van der Waals surface area contributed by atoms with Crippen LogP contribution in [0.5, 0.6) is 17.4 Å². The smallest absolute Gasteiger partial charge is 0.411 e. The molecule has 0 aliphatic heterocycles. The first-order valence-electron chi connectivity index (χ1n) is 9.00. The maximum Gasteiger partial charge on any atom is 0.411 e. The van der Waals surface area contributed by atoms with Crippen molar-refractivity contribution < 1.29 is 19.0 Å². The lowest BCUT2D eigenvalue weighted by atomic mass is 10.0. The Balaban J connectivity index is 1.79. The van der Waals surface area contributed by atoms with Crippen molar-refractivity contribution in [1.82, 2.24) is 15.0 Å². The second-order valence-corrected chi connectivity index (χ2v) is 6.33. The van der Waals surface area contributed by atoms with Gasteiger partial charge in [-0.2, -0.15) is 0 Å². The summed E-state index contributed by atoms with van der Waals surface area (Å²) in [7, 11) is 3.19. The Labute approximate surface area is 172 Å². The van der Waals surface area contributed by atoms with E-state index in [2.05, 4.69) is 15.0 Å². The SMILES string of the molecule is COc1ccc(-c2ncnc3ccc(-c4ccc(OC(N)=O)nc4)cc23)cc1OC. The number of hydrogen-bond donors (Lipinski definition) is 1. The maximum absolute atomic E-state index is 10.9. The molecular weight excluding hydrogens is 384 g/mol. The molecule has 0 saturated heterocycles. The van der Waals surface area contributed by atoms with E-state index in [1.165, 1.54) is 6.33 Å². The lowest BCUT2D eigenvalue weighted by Crippen LogP contribution is -2.16. The second kappa shape index (κ2) is 8.04. The zero-order valence-electron chi connectivity index (χ0n) is 16.3. The van der Waals surface area contributed by atoms with Crippen LogP contribution in [0.3, 0.4) is 0 Å². The van der Waals surface area contributed by atoms with E-state index in [0.717, 1.165) is 33.3 Å². The number of carbonyl (C=O) groups is 1. The van der Waals surface area contributed by atoms with Gasteiger partial charge in [-0.15, -0.1) is 0 Å². The first kappa shape index (κ1) is 19.1. The minimum atomic E-state index is -0.905. The second-order valence-electron chi connectivity index (χ2n) is 6.33. The fourth-order valence-corrected chi connectivity index (χ4v) is 3.16. The largest absolute Gasteiger partial charge is 0.493 e. The first-order valence-corrected chi connectivity index (χ1v) is 9.00. The van der Waals surface area contributed by atoms with Gasteiger partial charge in [0.25, 0.3) is 0 Å². The van der Waals surface area contributed by atoms with Gasteiger partial charge in [-0.25, -0.2) is 19.7 Å². The van der Waals surface area contributed by atoms with Gasteiger partial charge in [0.05, 0.1) is 25.4 Å². The van der Waals surface area contributed by atoms with Crippen LogP contribution in [0, 0.1) is 0 Å². The molecule has 0 saturated carbocycles. The van der Waals surface area contributed by atoms with Crippen molar-refractivity contribution in [3.8, 4) is 39.8 Å². The van der Waals surface area contributed by atoms with Gasteiger partial charge in [0.1, 0.15) is 6.33 Å². The highest BCUT2D eigenvalue weighted by atomic mass is 16.6. The van der Waals surface area contributed by atoms with Crippen LogP contribution in [0.4, 0.5) is 4.79 Å². The number of pyridine rings is 1. The lowest BCUT2D eigenvalue weighted by Gasteiger charge is -2.11. The minimum Gasteiger partial charge on any atom is -0.493 e. The number of aromatic nitrogens is 3. The van der Waals surface area contributed by atoms with E-state index < -0.39 is 6.09 Å². The van der Waals surface area contributed by atoms with Gasteiger partial charge < -0.3 is 19.9 Å². The highest BCUT2D eigenvalue weighted by Crippen LogP contribution is 2.35. The van der Waals surface area contributed by atoms with Crippen molar-refractivity contribution in [2.75, 3.05) is 14.2 Å². The van der Waals surface area contributed by atoms with E-state index >= 15 is 0 Å². The van der Waals surface area contributed by atoms with E-state index in [4.69, 9.17) is 19.9 Å². The van der Waals surface area contributed by atoms with Gasteiger partial charge in [0.15, 0.2) is 11.5 Å². The molecule has 4 rings (SSSR count). The molecule has 30 heavy (non-hydrogen) atoms. The molecule has 0 atom stereocenters. The average molecular weight is 402 g/mol. The number of rotatable bonds is 5. The van der Waals surface area contributed by atoms with Gasteiger partial charge in [0.2, 0.25) is 5.88 Å². The van der Waals surface area contributed by atoms with Crippen molar-refractivity contribution in [3.05, 3.63) is 61.1 Å². The lowest BCUT2D eigenvalue weighted by molar-refractivity contribution is 0.209. The number of ether oxygens (including phenoxy) is 3. The molecule has 4 aromatic rings. The summed E-state index contributed by atoms with van der Waals surface area (Å²) in [5.74, 6) is 1.40. The standard InChI is InChI=1S/C22H18N4O4/c1-28-18-7-4-14(10-19(18)29-2)21-16-9-13(3-6-17(16)25-12-26-21)15-5-8-20(24-11-15)30-22(23)27/h3-12H,1-2H3,(H2,23,27). The Morgan fingerprint density at radius 3 is 2.30 bits per heavy atom. The molecule has 0 spiro atoms. The number of fused-ring (bicyclic) bond motifs is 1. The Bertz CT molecular complexity index is 1230. The van der Waals surface area contributed by atoms with Gasteiger partial charge in [0, 0.05) is 28.8 Å². The number of nitrogens with two attached hydrogens (primary N) is 1. The van der Waals surface area contributed by atoms with Crippen LogP contribution in [0.15, 0.2) is 61.1 Å². The zero-order chi connectivity index (χ0) is 21.1. The number of carbonyl (C=O) groups excluding carboxylic acids is 1. The molecule has 0 aliphatic carbocycles. The maximum atomic E-state index is 10.9. The molecule has 0 fully saturated rings. The third-order valence-electron chi connectivity index (χ3n) is 4.57. The monoisotopic (exact) mass is 402 g/mol. The quantitative estimate of drug-likeness (QED) is 0.540. The molecule has 0 bridgehead atoms. The fraction of sp³-hybridized carbons (Fsp3) is 0.0909. The first-order chi connectivity index (χ1) is 14.6. The van der Waals surface area contributed by atoms with Gasteiger partial charge in [-0.1, -0.05) is 6.07 Å². The summed E-state index contributed by atoms with van der Waals surface area (Å²) < 4.78 is 15.5. The van der Waals surface area contributed by atoms with Crippen molar-refractivity contribution in [1.29, 1.82) is 0 Å². The molecule has 0 unspecified atom stereocenters. The number of hydrogen-bond acceptors (Lipinski definition) is 7. The van der Waals surface area contributed by atoms with Crippen molar-refractivity contribution >= 4 is 17.0 Å². The molecule has 2 aromatic heterocycles. The summed E-state index contributed by atoms with van der Waals surface area (Å²) in [6.45, 7) is 0. The summed E-state index contributed by atoms with van der Waals surface area (Å²) >= 11 is 0. The highest BCUT2D eigenvalue weighted by Gasteiger charge is 2.12. The number of amides is 1. The van der Waals surface area contributed by atoms with E-state index in [0.29, 0.717) is 11.5 Å². The molecular formula is C22H18N4O4. The molecule has 2 heterocycles. The molecule has 1 amide bonds. The highest BCUT2D eigenvalue weighted by molar-refractivity contribution is 5.95. The third kappa shape index (κ3) is 3.70. The molecule has 150 valence electrons. The van der Waals surface area contributed by atoms with E-state index in [1.807, 2.05) is 36.4 Å². The molecule has 2 aromatic carbocycles. The van der Waals surface area contributed by atoms with Crippen LogP contribution in [-0.2, 0) is 0 Å². The Hall–Kier alpha value is -4.20. The van der Waals surface area contributed by atoms with Crippen LogP contribution >= 0.6 is 0 Å². The Kier molecular flexibility index (Phi) is 5.13. The number of nitrogens with zero attached hydrogens (tertiary/aromatic N) is 3. The van der Waals surface area contributed by atoms with Crippen molar-refractivity contribution in [2.24, 2.45) is 5.73 Å². The summed E-state index contributed by atoms with van der Waals surface area (Å²) in [6.07, 6.45) is 2.24. The summed E-state index contributed by atoms with van der Waals surface area (Å²) in [6, 6.07) is 14.9. The molecule has 8 heteroatoms. The summed E-state index contributed by atoms with van der Waals surface area (Å²) in [5, 5.41) is 0.875. The Morgan fingerprint density at radius 2 is 1.60 bits per heavy atom. The summed E-state index contributed by atoms with van der Waals surface area (Å²) in [4.78, 5) is 23.8. The van der Waals surface area contributed by atoms with Crippen LogP contribution < -0.4 is 19.9 Å².